The Hall–Kier alpha value is -4.72. The van der Waals surface area contributed by atoms with Crippen molar-refractivity contribution in [2.45, 2.75) is 62.1 Å². The van der Waals surface area contributed by atoms with Gasteiger partial charge in [0.2, 0.25) is 0 Å². The van der Waals surface area contributed by atoms with E-state index in [1.807, 2.05) is 0 Å². The number of piperidine rings is 1. The Kier molecular flexibility index (Phi) is 9.89. The van der Waals surface area contributed by atoms with Crippen LogP contribution < -0.4 is 14.4 Å². The third-order valence-corrected chi connectivity index (χ3v) is 8.98. The second-order valence-corrected chi connectivity index (χ2v) is 14.3. The smallest absolute Gasteiger partial charge is 0.453 e. The van der Waals surface area contributed by atoms with Crippen LogP contribution in [0, 0.1) is 5.92 Å². The number of hydrogen-bond donors (Lipinski definition) is 1. The molecule has 1 fully saturated rings. The molecule has 2 aliphatic heterocycles. The minimum absolute atomic E-state index is 0.139. The Balaban J connectivity index is 1.58. The predicted molar refractivity (Wildman–Crippen MR) is 165 cm³/mol. The summed E-state index contributed by atoms with van der Waals surface area (Å²) < 4.78 is 164. The fourth-order valence-corrected chi connectivity index (χ4v) is 6.40. The highest BCUT2D eigenvalue weighted by molar-refractivity contribution is 7.90. The Labute approximate surface area is 290 Å². The molecule has 20 heteroatoms. The van der Waals surface area contributed by atoms with Gasteiger partial charge in [-0.2, -0.15) is 39.2 Å². The van der Waals surface area contributed by atoms with Gasteiger partial charge in [-0.3, -0.25) is 0 Å². The van der Waals surface area contributed by atoms with Gasteiger partial charge in [0.15, 0.2) is 11.5 Å². The zero-order chi connectivity index (χ0) is 38.6. The number of alkyl halides is 9. The van der Waals surface area contributed by atoms with E-state index in [0.29, 0.717) is 24.3 Å². The van der Waals surface area contributed by atoms with Crippen LogP contribution in [0.1, 0.15) is 31.9 Å². The summed E-state index contributed by atoms with van der Waals surface area (Å²) in [5.41, 5.74) is -3.74. The highest BCUT2D eigenvalue weighted by Gasteiger charge is 2.45. The molecule has 52 heavy (non-hydrogen) atoms. The molecule has 282 valence electrons. The molecule has 3 aromatic rings. The first-order chi connectivity index (χ1) is 23.8. The van der Waals surface area contributed by atoms with Gasteiger partial charge in [-0.05, 0) is 81.4 Å². The van der Waals surface area contributed by atoms with Crippen LogP contribution in [0.3, 0.4) is 0 Å². The molecule has 0 aromatic heterocycles. The van der Waals surface area contributed by atoms with Gasteiger partial charge < -0.3 is 29.1 Å². The van der Waals surface area contributed by atoms with Crippen LogP contribution in [0.4, 0.5) is 55.7 Å². The maximum Gasteiger partial charge on any atom is 0.573 e. The number of likely N-dealkylation sites (tertiary alicyclic amines) is 1. The number of anilines is 2. The maximum absolute atomic E-state index is 13.7. The van der Waals surface area contributed by atoms with Crippen molar-refractivity contribution in [2.75, 3.05) is 18.0 Å². The van der Waals surface area contributed by atoms with E-state index in [1.54, 1.807) is 20.8 Å². The number of hydrogen-bond acceptors (Lipinski definition) is 8. The second-order valence-electron chi connectivity index (χ2n) is 12.7. The summed E-state index contributed by atoms with van der Waals surface area (Å²) in [6.45, 7) is 3.77. The molecule has 0 aliphatic carbocycles. The van der Waals surface area contributed by atoms with E-state index in [9.17, 15) is 57.8 Å². The van der Waals surface area contributed by atoms with Gasteiger partial charge in [-0.25, -0.2) is 4.79 Å². The van der Waals surface area contributed by atoms with E-state index in [2.05, 4.69) is 9.13 Å². The molecule has 1 amide bonds. The Bertz CT molecular complexity index is 1900. The highest BCUT2D eigenvalue weighted by atomic mass is 32.2. The summed E-state index contributed by atoms with van der Waals surface area (Å²) in [5, 5.41) is 11.7. The SMILES string of the molecule is CC(C)(C)OC(=O)N1CC(/C=N/S(=O)(=O)c2ccc(OC(F)(F)F)cc2)[C@H](O)[C@@H](N2c3ccc(C(F)(F)F)cc3Oc3cc(C(F)(F)F)ccc32)C1. The van der Waals surface area contributed by atoms with Crippen LogP contribution in [0.25, 0.3) is 0 Å². The third kappa shape index (κ3) is 8.66. The van der Waals surface area contributed by atoms with E-state index in [1.165, 1.54) is 4.90 Å². The number of fused-ring (bicyclic) bond motifs is 2. The second kappa shape index (κ2) is 13.4. The van der Waals surface area contributed by atoms with Crippen LogP contribution in [-0.2, 0) is 27.1 Å². The molecular formula is C32H28F9N3O7S. The molecule has 1 N–H and O–H groups in total. The number of ether oxygens (including phenoxy) is 3. The molecule has 0 bridgehead atoms. The van der Waals surface area contributed by atoms with Crippen LogP contribution in [-0.4, -0.2) is 67.9 Å². The molecule has 10 nitrogen and oxygen atoms in total. The fourth-order valence-electron chi connectivity index (χ4n) is 5.48. The van der Waals surface area contributed by atoms with Crippen molar-refractivity contribution in [3.05, 3.63) is 71.8 Å². The number of halogens is 9. The first-order valence-electron chi connectivity index (χ1n) is 15.0. The molecule has 0 spiro atoms. The number of nitrogens with zero attached hydrogens (tertiary/aromatic N) is 3. The fraction of sp³-hybridized carbons (Fsp3) is 0.375. The lowest BCUT2D eigenvalue weighted by atomic mass is 9.89. The minimum atomic E-state index is -5.05. The van der Waals surface area contributed by atoms with Crippen molar-refractivity contribution in [1.82, 2.24) is 4.90 Å². The highest BCUT2D eigenvalue weighted by Crippen LogP contribution is 2.51. The number of carbonyl (C=O) groups is 1. The normalized spacial score (nSPS) is 19.9. The van der Waals surface area contributed by atoms with Crippen molar-refractivity contribution < 1.29 is 72.0 Å². The van der Waals surface area contributed by atoms with Crippen LogP contribution in [0.15, 0.2) is 70.0 Å². The largest absolute Gasteiger partial charge is 0.573 e. The lowest BCUT2D eigenvalue weighted by Gasteiger charge is -2.47. The van der Waals surface area contributed by atoms with Gasteiger partial charge in [-0.15, -0.1) is 13.2 Å². The molecule has 3 atom stereocenters. The number of rotatable bonds is 5. The maximum atomic E-state index is 13.7. The number of benzene rings is 3. The molecule has 0 saturated carbocycles. The summed E-state index contributed by atoms with van der Waals surface area (Å²) in [6, 6.07) is 6.05. The van der Waals surface area contributed by atoms with Crippen LogP contribution in [0.2, 0.25) is 0 Å². The third-order valence-electron chi connectivity index (χ3n) is 7.71. The average Bonchev–Trinajstić information content (AvgIpc) is 3.00. The lowest BCUT2D eigenvalue weighted by Crippen LogP contribution is -2.60. The van der Waals surface area contributed by atoms with Gasteiger partial charge in [0.1, 0.15) is 11.4 Å². The number of amides is 1. The zero-order valence-corrected chi connectivity index (χ0v) is 27.9. The molecule has 1 saturated heterocycles. The van der Waals surface area contributed by atoms with Gasteiger partial charge >= 0.3 is 24.8 Å². The van der Waals surface area contributed by atoms with E-state index >= 15 is 0 Å². The van der Waals surface area contributed by atoms with Gasteiger partial charge in [0, 0.05) is 25.2 Å². The summed E-state index contributed by atoms with van der Waals surface area (Å²) in [5.74, 6) is -3.15. The van der Waals surface area contributed by atoms with E-state index in [0.717, 1.165) is 47.5 Å². The topological polar surface area (TPSA) is 118 Å². The molecule has 5 rings (SSSR count). The summed E-state index contributed by atoms with van der Waals surface area (Å²) in [7, 11) is -4.65. The van der Waals surface area contributed by atoms with Crippen molar-refractivity contribution in [2.24, 2.45) is 10.3 Å². The van der Waals surface area contributed by atoms with Crippen LogP contribution >= 0.6 is 0 Å². The number of aliphatic hydroxyl groups excluding tert-OH is 1. The summed E-state index contributed by atoms with van der Waals surface area (Å²) in [6.07, 6.45) is -16.7. The lowest BCUT2D eigenvalue weighted by molar-refractivity contribution is -0.274. The van der Waals surface area contributed by atoms with Gasteiger partial charge in [0.25, 0.3) is 10.0 Å². The Morgan fingerprint density at radius 2 is 1.37 bits per heavy atom. The van der Waals surface area contributed by atoms with Crippen molar-refractivity contribution >= 4 is 33.7 Å². The van der Waals surface area contributed by atoms with Gasteiger partial charge in [0.05, 0.1) is 39.5 Å². The summed E-state index contributed by atoms with van der Waals surface area (Å²) in [4.78, 5) is 15.0. The van der Waals surface area contributed by atoms with Crippen molar-refractivity contribution in [1.29, 1.82) is 0 Å². The molecule has 2 aliphatic rings. The van der Waals surface area contributed by atoms with E-state index in [4.69, 9.17) is 9.47 Å². The standard InChI is InChI=1S/C32H28F9N3O7S/c1-29(2,3)51-28(46)43-15-17(14-42-52(47,48)21-8-6-20(7-9-21)50-32(39,40)41)27(45)24(16-43)44-22-10-4-18(30(33,34)35)12-25(22)49-26-13-19(31(36,37)38)5-11-23(26)44/h4-14,17,24,27,45H,15-16H2,1-3H3/b42-14+/t17?,24-,27-/m0/s1. The number of aliphatic hydroxyl groups is 1. The van der Waals surface area contributed by atoms with E-state index in [-0.39, 0.29) is 11.4 Å². The molecular weight excluding hydrogens is 741 g/mol. The molecule has 1 unspecified atom stereocenters. The predicted octanol–water partition coefficient (Wildman–Crippen LogP) is 7.92. The number of sulfonamides is 1. The molecule has 3 aromatic carbocycles. The Morgan fingerprint density at radius 3 is 1.83 bits per heavy atom. The van der Waals surface area contributed by atoms with Crippen molar-refractivity contribution in [3.63, 3.8) is 0 Å². The first-order valence-corrected chi connectivity index (χ1v) is 16.5. The van der Waals surface area contributed by atoms with Crippen LogP contribution in [0.5, 0.6) is 17.2 Å². The van der Waals surface area contributed by atoms with Crippen molar-refractivity contribution in [3.8, 4) is 17.2 Å². The minimum Gasteiger partial charge on any atom is -0.453 e. The molecule has 0 radical (unpaired) electrons. The monoisotopic (exact) mass is 769 g/mol. The quantitative estimate of drug-likeness (QED) is 0.206. The first kappa shape index (κ1) is 38.5. The van der Waals surface area contributed by atoms with E-state index < -0.39 is 105 Å². The average molecular weight is 770 g/mol. The van der Waals surface area contributed by atoms with Gasteiger partial charge in [-0.1, -0.05) is 0 Å². The molecule has 2 heterocycles. The summed E-state index contributed by atoms with van der Waals surface area (Å²) >= 11 is 0. The Morgan fingerprint density at radius 1 is 0.846 bits per heavy atom. The zero-order valence-electron chi connectivity index (χ0n) is 27.0. The number of carbonyl (C=O) groups excluding carboxylic acids is 1.